The fourth-order valence-corrected chi connectivity index (χ4v) is 2.19. The molecule has 2 rings (SSSR count). The number of nitrogens with two attached hydrogens (primary N) is 1. The Morgan fingerprint density at radius 2 is 1.79 bits per heavy atom. The second-order valence-corrected chi connectivity index (χ2v) is 5.92. The Labute approximate surface area is 141 Å². The van der Waals surface area contributed by atoms with Gasteiger partial charge in [0.05, 0.1) is 5.69 Å². The highest BCUT2D eigenvalue weighted by atomic mass is 16.5. The Balaban J connectivity index is 1.92. The van der Waals surface area contributed by atoms with Crippen LogP contribution in [0.15, 0.2) is 42.5 Å². The van der Waals surface area contributed by atoms with E-state index in [0.717, 1.165) is 0 Å². The van der Waals surface area contributed by atoms with Gasteiger partial charge in [0.25, 0.3) is 5.91 Å². The Morgan fingerprint density at radius 3 is 2.33 bits per heavy atom. The van der Waals surface area contributed by atoms with E-state index in [1.165, 1.54) is 12.5 Å². The summed E-state index contributed by atoms with van der Waals surface area (Å²) in [5.74, 6) is 0.475. The van der Waals surface area contributed by atoms with Crippen LogP contribution >= 0.6 is 0 Å². The molecule has 0 fully saturated rings. The van der Waals surface area contributed by atoms with Gasteiger partial charge < -0.3 is 15.8 Å². The number of benzene rings is 2. The van der Waals surface area contributed by atoms with Gasteiger partial charge in [-0.25, -0.2) is 0 Å². The third-order valence-corrected chi connectivity index (χ3v) is 3.64. The summed E-state index contributed by atoms with van der Waals surface area (Å²) >= 11 is 0. The van der Waals surface area contributed by atoms with Crippen LogP contribution in [-0.2, 0) is 4.79 Å². The van der Waals surface area contributed by atoms with Crippen molar-refractivity contribution in [1.82, 2.24) is 0 Å². The Bertz CT molecular complexity index is 737. The van der Waals surface area contributed by atoms with Gasteiger partial charge >= 0.3 is 0 Å². The van der Waals surface area contributed by atoms with Gasteiger partial charge in [-0.05, 0) is 48.7 Å². The molecule has 0 saturated carbocycles. The van der Waals surface area contributed by atoms with Crippen LogP contribution in [-0.4, -0.2) is 18.3 Å². The second kappa shape index (κ2) is 7.64. The zero-order chi connectivity index (χ0) is 17.7. The summed E-state index contributed by atoms with van der Waals surface area (Å²) in [5.41, 5.74) is 8.60. The first-order valence-corrected chi connectivity index (χ1v) is 7.80. The lowest BCUT2D eigenvalue weighted by Crippen LogP contribution is -2.20. The van der Waals surface area contributed by atoms with Gasteiger partial charge in [0.1, 0.15) is 5.75 Å². The lowest BCUT2D eigenvalue weighted by atomic mass is 10.0. The number of ether oxygens (including phenoxy) is 1. The largest absolute Gasteiger partial charge is 0.482 e. The zero-order valence-electron chi connectivity index (χ0n) is 14.1. The normalized spacial score (nSPS) is 10.5. The Morgan fingerprint density at radius 1 is 1.12 bits per heavy atom. The number of rotatable bonds is 6. The molecular formula is C19H22N2O3. The molecule has 0 unspecified atom stereocenters. The summed E-state index contributed by atoms with van der Waals surface area (Å²) in [4.78, 5) is 23.2. The number of hydrogen-bond acceptors (Lipinski definition) is 4. The van der Waals surface area contributed by atoms with Crippen molar-refractivity contribution in [3.05, 3.63) is 53.6 Å². The van der Waals surface area contributed by atoms with E-state index in [4.69, 9.17) is 10.5 Å². The summed E-state index contributed by atoms with van der Waals surface area (Å²) in [5, 5.41) is 2.77. The van der Waals surface area contributed by atoms with E-state index in [-0.39, 0.29) is 18.3 Å². The molecular weight excluding hydrogens is 304 g/mol. The molecule has 5 heteroatoms. The maximum Gasteiger partial charge on any atom is 0.262 e. The van der Waals surface area contributed by atoms with Crippen molar-refractivity contribution in [3.8, 4) is 5.75 Å². The number of ketones is 1. The lowest BCUT2D eigenvalue weighted by Gasteiger charge is -2.11. The van der Waals surface area contributed by atoms with Crippen LogP contribution in [0.25, 0.3) is 0 Å². The number of anilines is 2. The minimum absolute atomic E-state index is 0.0733. The van der Waals surface area contributed by atoms with Gasteiger partial charge in [-0.2, -0.15) is 0 Å². The van der Waals surface area contributed by atoms with Crippen LogP contribution in [0, 0.1) is 0 Å². The maximum atomic E-state index is 12.0. The summed E-state index contributed by atoms with van der Waals surface area (Å²) in [6, 6.07) is 12.5. The number of hydrogen-bond donors (Lipinski definition) is 2. The first-order valence-electron chi connectivity index (χ1n) is 7.80. The van der Waals surface area contributed by atoms with Crippen LogP contribution < -0.4 is 15.8 Å². The molecule has 5 nitrogen and oxygen atoms in total. The third-order valence-electron chi connectivity index (χ3n) is 3.64. The predicted molar refractivity (Wildman–Crippen MR) is 95.5 cm³/mol. The molecule has 0 aliphatic heterocycles. The van der Waals surface area contributed by atoms with E-state index in [1.54, 1.807) is 18.2 Å². The summed E-state index contributed by atoms with van der Waals surface area (Å²) in [7, 11) is 0. The average molecular weight is 326 g/mol. The minimum Gasteiger partial charge on any atom is -0.482 e. The smallest absolute Gasteiger partial charge is 0.262 e. The lowest BCUT2D eigenvalue weighted by molar-refractivity contribution is -0.118. The van der Waals surface area contributed by atoms with Gasteiger partial charge in [0.15, 0.2) is 12.4 Å². The molecule has 0 atom stereocenters. The van der Waals surface area contributed by atoms with Gasteiger partial charge in [-0.3, -0.25) is 9.59 Å². The fourth-order valence-electron chi connectivity index (χ4n) is 2.19. The van der Waals surface area contributed by atoms with Crippen molar-refractivity contribution in [2.24, 2.45) is 0 Å². The van der Waals surface area contributed by atoms with Crippen molar-refractivity contribution in [2.45, 2.75) is 26.7 Å². The Hall–Kier alpha value is -2.82. The number of Topliss-reactive ketones (excluding diaryl/α,β-unsaturated/α-hetero) is 1. The molecule has 0 aliphatic rings. The van der Waals surface area contributed by atoms with E-state index in [9.17, 15) is 9.59 Å². The third kappa shape index (κ3) is 4.59. The molecule has 0 bridgehead atoms. The van der Waals surface area contributed by atoms with E-state index in [0.29, 0.717) is 28.6 Å². The van der Waals surface area contributed by atoms with E-state index < -0.39 is 0 Å². The number of nitrogens with one attached hydrogen (secondary N) is 1. The number of nitrogen functional groups attached to an aromatic ring is 1. The molecule has 126 valence electrons. The highest BCUT2D eigenvalue weighted by molar-refractivity contribution is 5.95. The molecule has 0 aliphatic carbocycles. The zero-order valence-corrected chi connectivity index (χ0v) is 14.1. The van der Waals surface area contributed by atoms with E-state index in [1.807, 2.05) is 24.3 Å². The van der Waals surface area contributed by atoms with Gasteiger partial charge in [-0.15, -0.1) is 0 Å². The first kappa shape index (κ1) is 17.5. The molecule has 0 aromatic heterocycles. The number of amides is 1. The van der Waals surface area contributed by atoms with Crippen molar-refractivity contribution in [2.75, 3.05) is 17.7 Å². The monoisotopic (exact) mass is 326 g/mol. The molecule has 0 spiro atoms. The molecule has 0 radical (unpaired) electrons. The van der Waals surface area contributed by atoms with Crippen molar-refractivity contribution >= 4 is 23.1 Å². The molecule has 0 saturated heterocycles. The Kier molecular flexibility index (Phi) is 5.58. The van der Waals surface area contributed by atoms with Gasteiger partial charge in [0.2, 0.25) is 0 Å². The summed E-state index contributed by atoms with van der Waals surface area (Å²) in [6.07, 6.45) is 0. The van der Waals surface area contributed by atoms with Crippen LogP contribution in [0.3, 0.4) is 0 Å². The van der Waals surface area contributed by atoms with Crippen LogP contribution in [0.2, 0.25) is 0 Å². The van der Waals surface area contributed by atoms with Crippen molar-refractivity contribution < 1.29 is 14.3 Å². The SMILES string of the molecule is CC(=O)c1ccc(OCC(=O)Nc2ccc(C(C)C)cc2)c(N)c1. The van der Waals surface area contributed by atoms with E-state index >= 15 is 0 Å². The van der Waals surface area contributed by atoms with Crippen LogP contribution in [0.1, 0.15) is 42.6 Å². The maximum absolute atomic E-state index is 12.0. The fraction of sp³-hybridized carbons (Fsp3) is 0.263. The van der Waals surface area contributed by atoms with Gasteiger partial charge in [-0.1, -0.05) is 26.0 Å². The standard InChI is InChI=1S/C19H22N2O3/c1-12(2)14-4-7-16(8-5-14)21-19(23)11-24-18-9-6-15(13(3)22)10-17(18)20/h4-10,12H,11,20H2,1-3H3,(H,21,23). The van der Waals surface area contributed by atoms with E-state index in [2.05, 4.69) is 19.2 Å². The summed E-state index contributed by atoms with van der Waals surface area (Å²) in [6.45, 7) is 5.54. The number of carbonyl (C=O) groups is 2. The predicted octanol–water partition coefficient (Wildman–Crippen LogP) is 3.61. The van der Waals surface area contributed by atoms with Crippen molar-refractivity contribution in [1.29, 1.82) is 0 Å². The minimum atomic E-state index is -0.276. The highest BCUT2D eigenvalue weighted by Crippen LogP contribution is 2.23. The highest BCUT2D eigenvalue weighted by Gasteiger charge is 2.08. The first-order chi connectivity index (χ1) is 11.4. The molecule has 2 aromatic rings. The quantitative estimate of drug-likeness (QED) is 0.627. The molecule has 1 amide bonds. The second-order valence-electron chi connectivity index (χ2n) is 5.92. The van der Waals surface area contributed by atoms with Crippen LogP contribution in [0.5, 0.6) is 5.75 Å². The summed E-state index contributed by atoms with van der Waals surface area (Å²) < 4.78 is 5.42. The topological polar surface area (TPSA) is 81.4 Å². The van der Waals surface area contributed by atoms with Crippen molar-refractivity contribution in [3.63, 3.8) is 0 Å². The number of carbonyl (C=O) groups excluding carboxylic acids is 2. The average Bonchev–Trinajstić information content (AvgIpc) is 2.54. The molecule has 3 N–H and O–H groups in total. The molecule has 24 heavy (non-hydrogen) atoms. The molecule has 2 aromatic carbocycles. The van der Waals surface area contributed by atoms with Crippen LogP contribution in [0.4, 0.5) is 11.4 Å². The molecule has 0 heterocycles. The van der Waals surface area contributed by atoms with Gasteiger partial charge in [0, 0.05) is 11.3 Å².